The molecule has 31 heavy (non-hydrogen) atoms. The van der Waals surface area contributed by atoms with Crippen LogP contribution in [0.4, 0.5) is 16.2 Å². The molecule has 0 radical (unpaired) electrons. The topological polar surface area (TPSA) is 87.2 Å². The number of aromatic nitrogens is 2. The number of amides is 3. The van der Waals surface area contributed by atoms with Crippen molar-refractivity contribution in [2.75, 3.05) is 23.7 Å². The molecule has 1 fully saturated rings. The molecule has 3 aromatic rings. The molecule has 0 saturated carbocycles. The first-order valence-corrected chi connectivity index (χ1v) is 11.3. The smallest absolute Gasteiger partial charge is 0.321 e. The van der Waals surface area contributed by atoms with Gasteiger partial charge in [0.25, 0.3) is 5.91 Å². The van der Waals surface area contributed by atoms with Gasteiger partial charge in [0, 0.05) is 30.4 Å². The highest BCUT2D eigenvalue weighted by molar-refractivity contribution is 7.13. The second kappa shape index (κ2) is 9.70. The predicted octanol–water partition coefficient (Wildman–Crippen LogP) is 4.76. The molecule has 2 N–H and O–H groups in total. The summed E-state index contributed by atoms with van der Waals surface area (Å²) in [7, 11) is 0. The largest absolute Gasteiger partial charge is 0.324 e. The van der Waals surface area contributed by atoms with Crippen LogP contribution in [0.25, 0.3) is 0 Å². The van der Waals surface area contributed by atoms with Crippen molar-refractivity contribution in [3.63, 3.8) is 0 Å². The van der Waals surface area contributed by atoms with Gasteiger partial charge >= 0.3 is 6.03 Å². The number of benzene rings is 2. The summed E-state index contributed by atoms with van der Waals surface area (Å²) < 4.78 is 0. The average Bonchev–Trinajstić information content (AvgIpc) is 3.31. The molecule has 7 nitrogen and oxygen atoms in total. The summed E-state index contributed by atoms with van der Waals surface area (Å²) in [5.41, 5.74) is 2.69. The third-order valence-corrected chi connectivity index (χ3v) is 6.45. The maximum absolute atomic E-state index is 12.8. The molecule has 4 rings (SSSR count). The molecule has 160 valence electrons. The van der Waals surface area contributed by atoms with Crippen LogP contribution in [0.5, 0.6) is 0 Å². The number of carbonyl (C=O) groups excluding carboxylic acids is 2. The van der Waals surface area contributed by atoms with Crippen molar-refractivity contribution in [3.05, 3.63) is 70.2 Å². The first-order chi connectivity index (χ1) is 15.1. The number of para-hydroxylation sites is 2. The van der Waals surface area contributed by atoms with Gasteiger partial charge in [0.1, 0.15) is 5.01 Å². The standard InChI is InChI=1S/C23H25N5O2S/c1-2-16-9-6-7-13-19(16)25-23(30)28-14-8-10-17(15-28)21-26-27-22(31-21)20(29)24-18-11-4-3-5-12-18/h3-7,9,11-13,17H,2,8,10,14-15H2,1H3,(H,24,29)(H,25,30)/t17-/m1/s1. The summed E-state index contributed by atoms with van der Waals surface area (Å²) in [5, 5.41) is 15.3. The van der Waals surface area contributed by atoms with Crippen molar-refractivity contribution < 1.29 is 9.59 Å². The number of hydrogen-bond acceptors (Lipinski definition) is 5. The summed E-state index contributed by atoms with van der Waals surface area (Å²) in [6.07, 6.45) is 2.67. The summed E-state index contributed by atoms with van der Waals surface area (Å²) >= 11 is 1.30. The fourth-order valence-electron chi connectivity index (χ4n) is 3.71. The van der Waals surface area contributed by atoms with E-state index in [1.165, 1.54) is 11.3 Å². The molecule has 8 heteroatoms. The number of hydrogen-bond donors (Lipinski definition) is 2. The number of nitrogens with one attached hydrogen (secondary N) is 2. The van der Waals surface area contributed by atoms with E-state index >= 15 is 0 Å². The first kappa shape index (κ1) is 21.0. The van der Waals surface area contributed by atoms with Gasteiger partial charge in [-0.1, -0.05) is 54.7 Å². The first-order valence-electron chi connectivity index (χ1n) is 10.5. The average molecular weight is 436 g/mol. The van der Waals surface area contributed by atoms with Gasteiger partial charge in [0.2, 0.25) is 5.01 Å². The highest BCUT2D eigenvalue weighted by Crippen LogP contribution is 2.30. The molecule has 3 amide bonds. The van der Waals surface area contributed by atoms with Crippen LogP contribution in [0.3, 0.4) is 0 Å². The normalized spacial score (nSPS) is 16.0. The minimum atomic E-state index is -0.267. The van der Waals surface area contributed by atoms with Gasteiger partial charge in [-0.2, -0.15) is 0 Å². The third-order valence-electron chi connectivity index (χ3n) is 5.36. The molecule has 0 spiro atoms. The van der Waals surface area contributed by atoms with Crippen molar-refractivity contribution >= 4 is 34.6 Å². The van der Waals surface area contributed by atoms with Crippen LogP contribution in [0.1, 0.15) is 46.1 Å². The molecule has 1 aliphatic rings. The molecule has 0 bridgehead atoms. The predicted molar refractivity (Wildman–Crippen MR) is 123 cm³/mol. The van der Waals surface area contributed by atoms with Gasteiger partial charge in [-0.05, 0) is 43.0 Å². The van der Waals surface area contributed by atoms with Gasteiger partial charge < -0.3 is 15.5 Å². The number of piperidine rings is 1. The minimum Gasteiger partial charge on any atom is -0.324 e. The summed E-state index contributed by atoms with van der Waals surface area (Å²) in [5.74, 6) is -0.187. The van der Waals surface area contributed by atoms with E-state index in [-0.39, 0.29) is 17.9 Å². The molecule has 0 aliphatic carbocycles. The Morgan fingerprint density at radius 1 is 1.06 bits per heavy atom. The highest BCUT2D eigenvalue weighted by atomic mass is 32.1. The molecule has 0 unspecified atom stereocenters. The highest BCUT2D eigenvalue weighted by Gasteiger charge is 2.28. The Balaban J connectivity index is 1.39. The Labute approximate surface area is 185 Å². The van der Waals surface area contributed by atoms with Crippen LogP contribution >= 0.6 is 11.3 Å². The van der Waals surface area contributed by atoms with E-state index in [4.69, 9.17) is 0 Å². The van der Waals surface area contributed by atoms with E-state index in [1.807, 2.05) is 59.5 Å². The van der Waals surface area contributed by atoms with Crippen molar-refractivity contribution in [2.24, 2.45) is 0 Å². The van der Waals surface area contributed by atoms with Gasteiger partial charge in [-0.25, -0.2) is 4.79 Å². The van der Waals surface area contributed by atoms with Gasteiger partial charge in [0.15, 0.2) is 0 Å². The fraction of sp³-hybridized carbons (Fsp3) is 0.304. The van der Waals surface area contributed by atoms with Crippen molar-refractivity contribution in [1.82, 2.24) is 15.1 Å². The maximum atomic E-state index is 12.8. The van der Waals surface area contributed by atoms with Crippen LogP contribution in [0.2, 0.25) is 0 Å². The molecule has 2 aromatic carbocycles. The second-order valence-electron chi connectivity index (χ2n) is 7.49. The number of urea groups is 1. The Kier molecular flexibility index (Phi) is 6.57. The molecular weight excluding hydrogens is 410 g/mol. The molecular formula is C23H25N5O2S. The number of rotatable bonds is 5. The second-order valence-corrected chi connectivity index (χ2v) is 8.50. The number of carbonyl (C=O) groups is 2. The van der Waals surface area contributed by atoms with Crippen molar-refractivity contribution in [2.45, 2.75) is 32.1 Å². The van der Waals surface area contributed by atoms with Gasteiger partial charge in [-0.3, -0.25) is 4.79 Å². The third kappa shape index (κ3) is 5.08. The molecule has 1 aromatic heterocycles. The van der Waals surface area contributed by atoms with Crippen LogP contribution in [0, 0.1) is 0 Å². The lowest BCUT2D eigenvalue weighted by Crippen LogP contribution is -2.41. The molecule has 2 heterocycles. The summed E-state index contributed by atoms with van der Waals surface area (Å²) in [4.78, 5) is 27.1. The van der Waals surface area contributed by atoms with E-state index in [9.17, 15) is 9.59 Å². The lowest BCUT2D eigenvalue weighted by Gasteiger charge is -2.31. The molecule has 1 aliphatic heterocycles. The van der Waals surface area contributed by atoms with Crippen LogP contribution < -0.4 is 10.6 Å². The van der Waals surface area contributed by atoms with E-state index in [0.717, 1.165) is 41.2 Å². The van der Waals surface area contributed by atoms with Crippen LogP contribution in [-0.2, 0) is 6.42 Å². The van der Waals surface area contributed by atoms with Gasteiger partial charge in [-0.15, -0.1) is 10.2 Å². The van der Waals surface area contributed by atoms with E-state index < -0.39 is 0 Å². The molecule has 1 saturated heterocycles. The summed E-state index contributed by atoms with van der Waals surface area (Å²) in [6, 6.07) is 17.0. The Hall–Kier alpha value is -3.26. The number of likely N-dealkylation sites (tertiary alicyclic amines) is 1. The van der Waals surface area contributed by atoms with Gasteiger partial charge in [0.05, 0.1) is 0 Å². The fourth-order valence-corrected chi connectivity index (χ4v) is 4.57. The Morgan fingerprint density at radius 2 is 1.84 bits per heavy atom. The maximum Gasteiger partial charge on any atom is 0.321 e. The van der Waals surface area contributed by atoms with Crippen molar-refractivity contribution in [3.8, 4) is 0 Å². The van der Waals surface area contributed by atoms with Crippen LogP contribution in [0.15, 0.2) is 54.6 Å². The lowest BCUT2D eigenvalue weighted by molar-refractivity contribution is 0.102. The number of aryl methyl sites for hydroxylation is 1. The Bertz CT molecular complexity index is 1050. The zero-order valence-corrected chi connectivity index (χ0v) is 18.2. The quantitative estimate of drug-likeness (QED) is 0.605. The van der Waals surface area contributed by atoms with Crippen LogP contribution in [-0.4, -0.2) is 40.1 Å². The van der Waals surface area contributed by atoms with E-state index in [0.29, 0.717) is 18.1 Å². The lowest BCUT2D eigenvalue weighted by atomic mass is 9.99. The van der Waals surface area contributed by atoms with E-state index in [1.54, 1.807) is 0 Å². The summed E-state index contributed by atoms with van der Waals surface area (Å²) in [6.45, 7) is 3.34. The van der Waals surface area contributed by atoms with Crippen molar-refractivity contribution in [1.29, 1.82) is 0 Å². The monoisotopic (exact) mass is 435 g/mol. The number of nitrogens with zero attached hydrogens (tertiary/aromatic N) is 3. The SMILES string of the molecule is CCc1ccccc1NC(=O)N1CCC[C@@H](c2nnc(C(=O)Nc3ccccc3)s2)C1. The zero-order valence-electron chi connectivity index (χ0n) is 17.4. The molecule has 1 atom stereocenters. The van der Waals surface area contributed by atoms with E-state index in [2.05, 4.69) is 27.8 Å². The number of anilines is 2. The Morgan fingerprint density at radius 3 is 2.65 bits per heavy atom. The zero-order chi connectivity index (χ0) is 21.6. The minimum absolute atomic E-state index is 0.0803.